The Morgan fingerprint density at radius 1 is 1.28 bits per heavy atom. The van der Waals surface area contributed by atoms with Gasteiger partial charge in [-0.15, -0.1) is 0 Å². The molecule has 0 aliphatic heterocycles. The predicted octanol–water partition coefficient (Wildman–Crippen LogP) is 2.90. The third kappa shape index (κ3) is 2.86. The largest absolute Gasteiger partial charge is 0.355 e. The van der Waals surface area contributed by atoms with E-state index in [2.05, 4.69) is 16.0 Å². The van der Waals surface area contributed by atoms with Crippen molar-refractivity contribution in [2.45, 2.75) is 13.5 Å². The summed E-state index contributed by atoms with van der Waals surface area (Å²) >= 11 is 0. The molecule has 0 fully saturated rings. The molecule has 0 amide bonds. The summed E-state index contributed by atoms with van der Waals surface area (Å²) in [5, 5.41) is 8.87. The van der Waals surface area contributed by atoms with Gasteiger partial charge in [-0.05, 0) is 36.2 Å². The van der Waals surface area contributed by atoms with E-state index < -0.39 is 0 Å². The van der Waals surface area contributed by atoms with Gasteiger partial charge >= 0.3 is 0 Å². The van der Waals surface area contributed by atoms with E-state index in [0.717, 1.165) is 23.5 Å². The average molecular weight is 237 g/mol. The number of pyridine rings is 1. The van der Waals surface area contributed by atoms with Gasteiger partial charge in [0.1, 0.15) is 5.82 Å². The maximum Gasteiger partial charge on any atom is 0.128 e. The van der Waals surface area contributed by atoms with Crippen LogP contribution in [0, 0.1) is 18.3 Å². The van der Waals surface area contributed by atoms with Crippen molar-refractivity contribution in [1.29, 1.82) is 5.26 Å². The molecule has 0 aliphatic rings. The topological polar surface area (TPSA) is 39.9 Å². The zero-order chi connectivity index (χ0) is 13.0. The first kappa shape index (κ1) is 12.1. The van der Waals surface area contributed by atoms with Crippen molar-refractivity contribution in [3.8, 4) is 6.07 Å². The summed E-state index contributed by atoms with van der Waals surface area (Å²) in [6.45, 7) is 2.76. The van der Waals surface area contributed by atoms with Crippen molar-refractivity contribution in [2.24, 2.45) is 0 Å². The molecule has 1 heterocycles. The van der Waals surface area contributed by atoms with Crippen LogP contribution in [0.5, 0.6) is 0 Å². The van der Waals surface area contributed by atoms with E-state index in [1.54, 1.807) is 0 Å². The van der Waals surface area contributed by atoms with Crippen LogP contribution in [0.25, 0.3) is 0 Å². The summed E-state index contributed by atoms with van der Waals surface area (Å²) in [6, 6.07) is 13.9. The molecule has 1 aromatic heterocycles. The zero-order valence-electron chi connectivity index (χ0n) is 10.6. The fourth-order valence-corrected chi connectivity index (χ4v) is 1.78. The molecule has 2 aromatic rings. The molecule has 0 N–H and O–H groups in total. The quantitative estimate of drug-likeness (QED) is 0.824. The number of rotatable bonds is 3. The lowest BCUT2D eigenvalue weighted by molar-refractivity contribution is 0.896. The van der Waals surface area contributed by atoms with Crippen LogP contribution in [0.1, 0.15) is 16.7 Å². The molecule has 3 nitrogen and oxygen atoms in total. The van der Waals surface area contributed by atoms with Crippen molar-refractivity contribution in [3.05, 3.63) is 59.3 Å². The molecule has 0 spiro atoms. The van der Waals surface area contributed by atoms with E-state index >= 15 is 0 Å². The molecule has 0 atom stereocenters. The first-order valence-electron chi connectivity index (χ1n) is 5.82. The normalized spacial score (nSPS) is 9.83. The Morgan fingerprint density at radius 2 is 2.11 bits per heavy atom. The number of hydrogen-bond donors (Lipinski definition) is 0. The second-order valence-corrected chi connectivity index (χ2v) is 4.36. The number of anilines is 1. The summed E-state index contributed by atoms with van der Waals surface area (Å²) in [7, 11) is 2.00. The molecular weight excluding hydrogens is 222 g/mol. The number of nitriles is 1. The Morgan fingerprint density at radius 3 is 2.78 bits per heavy atom. The van der Waals surface area contributed by atoms with E-state index in [0.29, 0.717) is 5.56 Å². The first-order chi connectivity index (χ1) is 8.69. The minimum Gasteiger partial charge on any atom is -0.355 e. The maximum atomic E-state index is 8.87. The highest BCUT2D eigenvalue weighted by atomic mass is 15.2. The summed E-state index contributed by atoms with van der Waals surface area (Å²) in [6.07, 6.45) is 1.86. The standard InChI is InChI=1S/C15H15N3/c1-12-6-7-15(17-10-12)18(2)11-14-5-3-4-13(8-14)9-16/h3-8,10H,11H2,1-2H3. The van der Waals surface area contributed by atoms with Crippen LogP contribution in [0.3, 0.4) is 0 Å². The maximum absolute atomic E-state index is 8.87. The smallest absolute Gasteiger partial charge is 0.128 e. The van der Waals surface area contributed by atoms with E-state index in [4.69, 9.17) is 5.26 Å². The van der Waals surface area contributed by atoms with Gasteiger partial charge in [-0.2, -0.15) is 5.26 Å². The predicted molar refractivity (Wildman–Crippen MR) is 72.2 cm³/mol. The van der Waals surface area contributed by atoms with Crippen LogP contribution in [0.2, 0.25) is 0 Å². The summed E-state index contributed by atoms with van der Waals surface area (Å²) < 4.78 is 0. The number of nitrogens with zero attached hydrogens (tertiary/aromatic N) is 3. The highest BCUT2D eigenvalue weighted by molar-refractivity contribution is 5.40. The number of benzene rings is 1. The van der Waals surface area contributed by atoms with Crippen molar-refractivity contribution >= 4 is 5.82 Å². The lowest BCUT2D eigenvalue weighted by Crippen LogP contribution is -2.17. The third-order valence-corrected chi connectivity index (χ3v) is 2.76. The number of aryl methyl sites for hydroxylation is 1. The van der Waals surface area contributed by atoms with Gasteiger partial charge in [0.05, 0.1) is 11.6 Å². The van der Waals surface area contributed by atoms with Crippen LogP contribution >= 0.6 is 0 Å². The molecule has 0 aliphatic carbocycles. The molecule has 90 valence electrons. The summed E-state index contributed by atoms with van der Waals surface area (Å²) in [4.78, 5) is 6.44. The van der Waals surface area contributed by atoms with Crippen LogP contribution in [0.4, 0.5) is 5.82 Å². The molecule has 0 unspecified atom stereocenters. The number of aromatic nitrogens is 1. The summed E-state index contributed by atoms with van der Waals surface area (Å²) in [5.41, 5.74) is 2.95. The SMILES string of the molecule is Cc1ccc(N(C)Cc2cccc(C#N)c2)nc1. The molecule has 0 bridgehead atoms. The lowest BCUT2D eigenvalue weighted by Gasteiger charge is -2.18. The second kappa shape index (κ2) is 5.33. The van der Waals surface area contributed by atoms with Crippen molar-refractivity contribution in [2.75, 3.05) is 11.9 Å². The fourth-order valence-electron chi connectivity index (χ4n) is 1.78. The Balaban J connectivity index is 2.13. The fraction of sp³-hybridized carbons (Fsp3) is 0.200. The van der Waals surface area contributed by atoms with Crippen molar-refractivity contribution in [1.82, 2.24) is 4.98 Å². The van der Waals surface area contributed by atoms with Crippen molar-refractivity contribution < 1.29 is 0 Å². The van der Waals surface area contributed by atoms with Crippen LogP contribution in [-0.4, -0.2) is 12.0 Å². The Kier molecular flexibility index (Phi) is 3.59. The van der Waals surface area contributed by atoms with Gasteiger partial charge in [0.15, 0.2) is 0 Å². The van der Waals surface area contributed by atoms with Gasteiger partial charge in [0.2, 0.25) is 0 Å². The van der Waals surface area contributed by atoms with Gasteiger partial charge in [0.25, 0.3) is 0 Å². The van der Waals surface area contributed by atoms with Gasteiger partial charge < -0.3 is 4.90 Å². The first-order valence-corrected chi connectivity index (χ1v) is 5.82. The average Bonchev–Trinajstić information content (AvgIpc) is 2.39. The third-order valence-electron chi connectivity index (χ3n) is 2.76. The highest BCUT2D eigenvalue weighted by Crippen LogP contribution is 2.13. The van der Waals surface area contributed by atoms with Crippen LogP contribution < -0.4 is 4.90 Å². The Hall–Kier alpha value is -2.34. The van der Waals surface area contributed by atoms with Gasteiger partial charge in [-0.3, -0.25) is 0 Å². The minimum atomic E-state index is 0.692. The van der Waals surface area contributed by atoms with E-state index in [-0.39, 0.29) is 0 Å². The zero-order valence-corrected chi connectivity index (χ0v) is 10.6. The molecule has 0 radical (unpaired) electrons. The second-order valence-electron chi connectivity index (χ2n) is 4.36. The van der Waals surface area contributed by atoms with Gasteiger partial charge in [-0.25, -0.2) is 4.98 Å². The highest BCUT2D eigenvalue weighted by Gasteiger charge is 2.03. The van der Waals surface area contributed by atoms with E-state index in [1.807, 2.05) is 56.6 Å². The Bertz CT molecular complexity index is 567. The molecule has 18 heavy (non-hydrogen) atoms. The minimum absolute atomic E-state index is 0.692. The Labute approximate surface area is 107 Å². The van der Waals surface area contributed by atoms with Gasteiger partial charge in [0, 0.05) is 19.8 Å². The van der Waals surface area contributed by atoms with Crippen LogP contribution in [-0.2, 0) is 6.54 Å². The lowest BCUT2D eigenvalue weighted by atomic mass is 10.1. The molecule has 1 aromatic carbocycles. The molecule has 3 heteroatoms. The molecule has 0 saturated heterocycles. The van der Waals surface area contributed by atoms with Crippen molar-refractivity contribution in [3.63, 3.8) is 0 Å². The monoisotopic (exact) mass is 237 g/mol. The molecule has 2 rings (SSSR count). The van der Waals surface area contributed by atoms with E-state index in [1.165, 1.54) is 0 Å². The summed E-state index contributed by atoms with van der Waals surface area (Å²) in [5.74, 6) is 0.933. The van der Waals surface area contributed by atoms with Gasteiger partial charge in [-0.1, -0.05) is 18.2 Å². The van der Waals surface area contributed by atoms with E-state index in [9.17, 15) is 0 Å². The molecule has 0 saturated carbocycles. The molecular formula is C15H15N3. The van der Waals surface area contributed by atoms with Crippen LogP contribution in [0.15, 0.2) is 42.6 Å². The number of hydrogen-bond acceptors (Lipinski definition) is 3.